The highest BCUT2D eigenvalue weighted by atomic mass is 16.1. The number of nitrogens with zero attached hydrogens (tertiary/aromatic N) is 3. The van der Waals surface area contributed by atoms with Gasteiger partial charge in [-0.25, -0.2) is 0 Å². The Morgan fingerprint density at radius 3 is 3.00 bits per heavy atom. The molecule has 1 aromatic carbocycles. The summed E-state index contributed by atoms with van der Waals surface area (Å²) in [6.45, 7) is 6.95. The number of piperidine rings is 1. The average Bonchev–Trinajstić information content (AvgIpc) is 3.26. The first kappa shape index (κ1) is 18.1. The van der Waals surface area contributed by atoms with Gasteiger partial charge in [0, 0.05) is 63.3 Å². The largest absolute Gasteiger partial charge is 0.366 e. The molecule has 146 valence electrons. The molecule has 2 fully saturated rings. The molecule has 3 heterocycles. The number of likely N-dealkylation sites (tertiary alicyclic amines) is 1. The van der Waals surface area contributed by atoms with Gasteiger partial charge in [-0.05, 0) is 37.8 Å². The monoisotopic (exact) mass is 369 g/mol. The van der Waals surface area contributed by atoms with E-state index in [1.165, 1.54) is 11.3 Å². The number of hydrogen-bond donors (Lipinski definition) is 2. The highest BCUT2D eigenvalue weighted by Crippen LogP contribution is 2.36. The van der Waals surface area contributed by atoms with Gasteiger partial charge in [-0.1, -0.05) is 18.2 Å². The van der Waals surface area contributed by atoms with E-state index in [2.05, 4.69) is 56.6 Å². The first-order valence-electron chi connectivity index (χ1n) is 10.2. The van der Waals surface area contributed by atoms with Crippen LogP contribution in [-0.2, 0) is 11.2 Å². The fourth-order valence-corrected chi connectivity index (χ4v) is 4.93. The van der Waals surface area contributed by atoms with Crippen molar-refractivity contribution in [1.82, 2.24) is 15.5 Å². The van der Waals surface area contributed by atoms with Gasteiger partial charge in [-0.3, -0.25) is 9.79 Å². The molecular formula is C21H31N5O. The van der Waals surface area contributed by atoms with Crippen molar-refractivity contribution in [2.45, 2.75) is 38.6 Å². The molecule has 6 heteroatoms. The maximum absolute atomic E-state index is 11.7. The molecule has 1 amide bonds. The number of nitrogens with one attached hydrogen (secondary N) is 2. The lowest BCUT2D eigenvalue weighted by Crippen LogP contribution is -2.53. The molecule has 1 spiro atoms. The van der Waals surface area contributed by atoms with Crippen LogP contribution in [0.3, 0.4) is 0 Å². The fraction of sp³-hybridized carbons (Fsp3) is 0.619. The van der Waals surface area contributed by atoms with E-state index in [-0.39, 0.29) is 11.3 Å². The SMILES string of the molecule is CN=C(NCC(C)N1CCc2ccccc21)N1CCCC2(CNC(=O)C2)C1. The Balaban J connectivity index is 1.36. The molecule has 2 atom stereocenters. The minimum Gasteiger partial charge on any atom is -0.366 e. The Labute approximate surface area is 162 Å². The second kappa shape index (κ2) is 7.41. The summed E-state index contributed by atoms with van der Waals surface area (Å²) >= 11 is 0. The van der Waals surface area contributed by atoms with Crippen LogP contribution in [0.2, 0.25) is 0 Å². The van der Waals surface area contributed by atoms with Gasteiger partial charge in [0.2, 0.25) is 5.91 Å². The summed E-state index contributed by atoms with van der Waals surface area (Å²) in [4.78, 5) is 21.1. The third kappa shape index (κ3) is 3.62. The number of guanidine groups is 1. The van der Waals surface area contributed by atoms with Gasteiger partial charge in [0.15, 0.2) is 5.96 Å². The van der Waals surface area contributed by atoms with Crippen LogP contribution in [0.5, 0.6) is 0 Å². The molecule has 2 N–H and O–H groups in total. The molecule has 0 saturated carbocycles. The molecule has 3 aliphatic rings. The van der Waals surface area contributed by atoms with Gasteiger partial charge in [0.1, 0.15) is 0 Å². The molecule has 6 nitrogen and oxygen atoms in total. The van der Waals surface area contributed by atoms with Gasteiger partial charge in [0.25, 0.3) is 0 Å². The van der Waals surface area contributed by atoms with E-state index in [9.17, 15) is 4.79 Å². The normalized spacial score (nSPS) is 26.3. The Morgan fingerprint density at radius 2 is 2.22 bits per heavy atom. The third-order valence-electron chi connectivity index (χ3n) is 6.38. The molecule has 27 heavy (non-hydrogen) atoms. The molecule has 0 aromatic heterocycles. The summed E-state index contributed by atoms with van der Waals surface area (Å²) in [5.41, 5.74) is 2.91. The van der Waals surface area contributed by atoms with Gasteiger partial charge in [-0.2, -0.15) is 0 Å². The number of fused-ring (bicyclic) bond motifs is 1. The van der Waals surface area contributed by atoms with Crippen LogP contribution >= 0.6 is 0 Å². The van der Waals surface area contributed by atoms with Crippen molar-refractivity contribution < 1.29 is 4.79 Å². The van der Waals surface area contributed by atoms with Crippen LogP contribution in [0.25, 0.3) is 0 Å². The molecular weight excluding hydrogens is 338 g/mol. The van der Waals surface area contributed by atoms with Gasteiger partial charge >= 0.3 is 0 Å². The van der Waals surface area contributed by atoms with Gasteiger partial charge in [-0.15, -0.1) is 0 Å². The number of para-hydroxylation sites is 1. The number of aliphatic imine (C=N–C) groups is 1. The van der Waals surface area contributed by atoms with Crippen molar-refractivity contribution in [3.05, 3.63) is 29.8 Å². The number of amides is 1. The van der Waals surface area contributed by atoms with E-state index >= 15 is 0 Å². The Morgan fingerprint density at radius 1 is 1.37 bits per heavy atom. The topological polar surface area (TPSA) is 60.0 Å². The van der Waals surface area contributed by atoms with Crippen molar-refractivity contribution in [3.63, 3.8) is 0 Å². The molecule has 0 bridgehead atoms. The van der Waals surface area contributed by atoms with Gasteiger partial charge < -0.3 is 20.4 Å². The summed E-state index contributed by atoms with van der Waals surface area (Å²) in [6, 6.07) is 9.12. The minimum atomic E-state index is 0.0897. The van der Waals surface area contributed by atoms with E-state index in [1.807, 2.05) is 7.05 Å². The highest BCUT2D eigenvalue weighted by Gasteiger charge is 2.42. The third-order valence-corrected chi connectivity index (χ3v) is 6.38. The zero-order valence-electron chi connectivity index (χ0n) is 16.5. The van der Waals surface area contributed by atoms with Crippen molar-refractivity contribution in [2.24, 2.45) is 10.4 Å². The zero-order valence-corrected chi connectivity index (χ0v) is 16.5. The van der Waals surface area contributed by atoms with E-state index in [0.29, 0.717) is 12.5 Å². The molecule has 1 aromatic rings. The molecule has 0 aliphatic carbocycles. The number of rotatable bonds is 3. The predicted octanol–water partition coefficient (Wildman–Crippen LogP) is 1.62. The maximum atomic E-state index is 11.7. The number of carbonyl (C=O) groups excluding carboxylic acids is 1. The van der Waals surface area contributed by atoms with Crippen molar-refractivity contribution in [3.8, 4) is 0 Å². The molecule has 0 radical (unpaired) electrons. The van der Waals surface area contributed by atoms with E-state index in [4.69, 9.17) is 0 Å². The second-order valence-electron chi connectivity index (χ2n) is 8.33. The lowest BCUT2D eigenvalue weighted by atomic mass is 9.79. The van der Waals surface area contributed by atoms with Crippen LogP contribution in [0.4, 0.5) is 5.69 Å². The average molecular weight is 370 g/mol. The predicted molar refractivity (Wildman–Crippen MR) is 109 cm³/mol. The van der Waals surface area contributed by atoms with Crippen LogP contribution in [0, 0.1) is 5.41 Å². The number of hydrogen-bond acceptors (Lipinski definition) is 3. The summed E-state index contributed by atoms with van der Waals surface area (Å²) in [7, 11) is 1.86. The summed E-state index contributed by atoms with van der Waals surface area (Å²) < 4.78 is 0. The Bertz CT molecular complexity index is 733. The summed E-state index contributed by atoms with van der Waals surface area (Å²) in [5.74, 6) is 1.16. The maximum Gasteiger partial charge on any atom is 0.220 e. The van der Waals surface area contributed by atoms with Crippen LogP contribution in [0.1, 0.15) is 31.7 Å². The molecule has 2 unspecified atom stereocenters. The van der Waals surface area contributed by atoms with Crippen LogP contribution in [0.15, 0.2) is 29.3 Å². The Kier molecular flexibility index (Phi) is 4.98. The van der Waals surface area contributed by atoms with Crippen molar-refractivity contribution >= 4 is 17.6 Å². The highest BCUT2D eigenvalue weighted by molar-refractivity contribution is 5.81. The number of carbonyl (C=O) groups is 1. The molecule has 3 aliphatic heterocycles. The standard InChI is InChI=1S/C21H31N5O/c1-16(26-11-8-17-6-3-4-7-18(17)26)13-23-20(22-2)25-10-5-9-21(15-25)12-19(27)24-14-21/h3-4,6-7,16H,5,8-15H2,1-2H3,(H,22,23)(H,24,27). The fourth-order valence-electron chi connectivity index (χ4n) is 4.93. The summed E-state index contributed by atoms with van der Waals surface area (Å²) in [5, 5.41) is 6.61. The number of benzene rings is 1. The first-order chi connectivity index (χ1) is 13.1. The Hall–Kier alpha value is -2.24. The van der Waals surface area contributed by atoms with E-state index < -0.39 is 0 Å². The van der Waals surface area contributed by atoms with Crippen LogP contribution in [-0.4, -0.2) is 62.6 Å². The van der Waals surface area contributed by atoms with Crippen molar-refractivity contribution in [2.75, 3.05) is 44.7 Å². The number of anilines is 1. The molecule has 4 rings (SSSR count). The van der Waals surface area contributed by atoms with Gasteiger partial charge in [0.05, 0.1) is 0 Å². The molecule has 2 saturated heterocycles. The minimum absolute atomic E-state index is 0.0897. The summed E-state index contributed by atoms with van der Waals surface area (Å²) in [6.07, 6.45) is 4.03. The lowest BCUT2D eigenvalue weighted by molar-refractivity contribution is -0.119. The quantitative estimate of drug-likeness (QED) is 0.628. The van der Waals surface area contributed by atoms with Crippen LogP contribution < -0.4 is 15.5 Å². The van der Waals surface area contributed by atoms with Crippen molar-refractivity contribution in [1.29, 1.82) is 0 Å². The lowest BCUT2D eigenvalue weighted by Gasteiger charge is -2.41. The second-order valence-corrected chi connectivity index (χ2v) is 8.33. The zero-order chi connectivity index (χ0) is 18.9. The first-order valence-corrected chi connectivity index (χ1v) is 10.2. The van der Waals surface area contributed by atoms with E-state index in [0.717, 1.165) is 57.9 Å². The smallest absolute Gasteiger partial charge is 0.220 e. The van der Waals surface area contributed by atoms with E-state index in [1.54, 1.807) is 0 Å².